The van der Waals surface area contributed by atoms with Gasteiger partial charge in [0.15, 0.2) is 0 Å². The van der Waals surface area contributed by atoms with E-state index in [1.807, 2.05) is 0 Å². The summed E-state index contributed by atoms with van der Waals surface area (Å²) in [5, 5.41) is 9.63. The Morgan fingerprint density at radius 1 is 1.26 bits per heavy atom. The first-order valence-electron chi connectivity index (χ1n) is 6.80. The average Bonchev–Trinajstić information content (AvgIpc) is 2.37. The molecule has 5 nitrogen and oxygen atoms in total. The summed E-state index contributed by atoms with van der Waals surface area (Å²) in [4.78, 5) is 22.5. The summed E-state index contributed by atoms with van der Waals surface area (Å²) >= 11 is 3.83. The van der Waals surface area contributed by atoms with Crippen molar-refractivity contribution < 1.29 is 19.4 Å². The number of hydrogen-bond acceptors (Lipinski definition) is 6. The fourth-order valence-corrected chi connectivity index (χ4v) is 1.73. The molecule has 0 aromatic carbocycles. The monoisotopic (exact) mass is 291 g/mol. The Labute approximate surface area is 120 Å². The van der Waals surface area contributed by atoms with Crippen molar-refractivity contribution in [1.82, 2.24) is 0 Å². The number of esters is 2. The summed E-state index contributed by atoms with van der Waals surface area (Å²) in [6.07, 6.45) is 5.04. The van der Waals surface area contributed by atoms with Crippen LogP contribution in [0.4, 0.5) is 0 Å². The Morgan fingerprint density at radius 2 is 1.89 bits per heavy atom. The summed E-state index contributed by atoms with van der Waals surface area (Å²) < 4.78 is 4.51. The number of rotatable bonds is 10. The molecular weight excluding hydrogens is 266 g/mol. The highest BCUT2D eigenvalue weighted by Crippen LogP contribution is 2.09. The molecule has 1 unspecified atom stereocenters. The molecule has 0 fully saturated rings. The summed E-state index contributed by atoms with van der Waals surface area (Å²) in [6, 6.07) is -0.904. The molecule has 0 aliphatic heterocycles. The summed E-state index contributed by atoms with van der Waals surface area (Å²) in [5.41, 5.74) is 5.36. The first kappa shape index (κ1) is 18.4. The second kappa shape index (κ2) is 11.3. The lowest BCUT2D eigenvalue weighted by Crippen LogP contribution is -2.35. The van der Waals surface area contributed by atoms with Gasteiger partial charge >= 0.3 is 11.9 Å². The fourth-order valence-electron chi connectivity index (χ4n) is 1.58. The van der Waals surface area contributed by atoms with E-state index < -0.39 is 24.1 Å². The third kappa shape index (κ3) is 9.92. The number of ether oxygens (including phenoxy) is 1. The Morgan fingerprint density at radius 3 is 2.47 bits per heavy atom. The molecule has 0 aromatic rings. The van der Waals surface area contributed by atoms with Gasteiger partial charge < -0.3 is 15.6 Å². The number of aliphatic hydroxyl groups is 1. The van der Waals surface area contributed by atoms with E-state index in [0.717, 1.165) is 19.3 Å². The van der Waals surface area contributed by atoms with Gasteiger partial charge in [0.1, 0.15) is 6.04 Å². The van der Waals surface area contributed by atoms with Gasteiger partial charge in [0.25, 0.3) is 0 Å². The second-order valence-electron chi connectivity index (χ2n) is 4.64. The minimum Gasteiger partial charge on any atom is -0.393 e. The molecule has 0 spiro atoms. The normalized spacial score (nSPS) is 13.9. The quantitative estimate of drug-likeness (QED) is 0.245. The Kier molecular flexibility index (Phi) is 10.9. The first-order chi connectivity index (χ1) is 9.01. The SMILES string of the molecule is CCCCCCCC(O)CC(=O)OC(=O)[C@@H](N)CS. The zero-order valence-electron chi connectivity index (χ0n) is 11.5. The highest BCUT2D eigenvalue weighted by Gasteiger charge is 2.19. The van der Waals surface area contributed by atoms with Gasteiger partial charge in [-0.15, -0.1) is 0 Å². The first-order valence-corrected chi connectivity index (χ1v) is 7.43. The number of nitrogens with two attached hydrogens (primary N) is 1. The van der Waals surface area contributed by atoms with E-state index in [0.29, 0.717) is 6.42 Å². The predicted octanol–water partition coefficient (Wildman–Crippen LogP) is 1.42. The van der Waals surface area contributed by atoms with Crippen molar-refractivity contribution in [2.75, 3.05) is 5.75 Å². The maximum atomic E-state index is 11.3. The smallest absolute Gasteiger partial charge is 0.331 e. The minimum absolute atomic E-state index is 0.117. The van der Waals surface area contributed by atoms with Crippen LogP contribution in [0.25, 0.3) is 0 Å². The molecule has 19 heavy (non-hydrogen) atoms. The molecule has 3 N–H and O–H groups in total. The van der Waals surface area contributed by atoms with E-state index in [-0.39, 0.29) is 12.2 Å². The molecule has 112 valence electrons. The molecule has 0 radical (unpaired) electrons. The van der Waals surface area contributed by atoms with Crippen molar-refractivity contribution in [3.05, 3.63) is 0 Å². The number of carbonyl (C=O) groups is 2. The lowest BCUT2D eigenvalue weighted by molar-refractivity contribution is -0.161. The van der Waals surface area contributed by atoms with Gasteiger partial charge in [-0.25, -0.2) is 4.79 Å². The van der Waals surface area contributed by atoms with Gasteiger partial charge in [0, 0.05) is 5.75 Å². The fraction of sp³-hybridized carbons (Fsp3) is 0.846. The van der Waals surface area contributed by atoms with Crippen LogP contribution in [0.2, 0.25) is 0 Å². The van der Waals surface area contributed by atoms with Gasteiger partial charge in [-0.1, -0.05) is 39.0 Å². The predicted molar refractivity (Wildman–Crippen MR) is 76.9 cm³/mol. The summed E-state index contributed by atoms with van der Waals surface area (Å²) in [5.74, 6) is -1.41. The number of carbonyl (C=O) groups excluding carboxylic acids is 2. The molecule has 0 amide bonds. The largest absolute Gasteiger partial charge is 0.393 e. The molecule has 0 aliphatic carbocycles. The van der Waals surface area contributed by atoms with Crippen LogP contribution in [0.3, 0.4) is 0 Å². The van der Waals surface area contributed by atoms with Gasteiger partial charge in [-0.2, -0.15) is 12.6 Å². The van der Waals surface area contributed by atoms with Crippen molar-refractivity contribution in [3.63, 3.8) is 0 Å². The molecule has 0 saturated heterocycles. The minimum atomic E-state index is -0.904. The van der Waals surface area contributed by atoms with E-state index in [2.05, 4.69) is 24.3 Å². The third-order valence-electron chi connectivity index (χ3n) is 2.76. The van der Waals surface area contributed by atoms with E-state index in [1.165, 1.54) is 12.8 Å². The van der Waals surface area contributed by atoms with E-state index in [4.69, 9.17) is 5.73 Å². The Balaban J connectivity index is 3.71. The lowest BCUT2D eigenvalue weighted by atomic mass is 10.1. The van der Waals surface area contributed by atoms with Gasteiger partial charge in [0.05, 0.1) is 12.5 Å². The van der Waals surface area contributed by atoms with Gasteiger partial charge in [-0.05, 0) is 6.42 Å². The zero-order valence-corrected chi connectivity index (χ0v) is 12.4. The second-order valence-corrected chi connectivity index (χ2v) is 5.01. The number of aliphatic hydroxyl groups excluding tert-OH is 1. The zero-order chi connectivity index (χ0) is 14.7. The molecule has 0 aromatic heterocycles. The standard InChI is InChI=1S/C13H25NO4S/c1-2-3-4-5-6-7-10(15)8-12(16)18-13(17)11(14)9-19/h10-11,15,19H,2-9,14H2,1H3/t10?,11-/m0/s1. The van der Waals surface area contributed by atoms with E-state index in [1.54, 1.807) is 0 Å². The van der Waals surface area contributed by atoms with Crippen LogP contribution in [-0.4, -0.2) is 34.9 Å². The van der Waals surface area contributed by atoms with Crippen LogP contribution < -0.4 is 5.73 Å². The van der Waals surface area contributed by atoms with Gasteiger partial charge in [0.2, 0.25) is 0 Å². The van der Waals surface area contributed by atoms with Crippen molar-refractivity contribution in [2.45, 2.75) is 64.0 Å². The topological polar surface area (TPSA) is 89.6 Å². The van der Waals surface area contributed by atoms with Crippen LogP contribution in [-0.2, 0) is 14.3 Å². The van der Waals surface area contributed by atoms with Crippen LogP contribution in [0.5, 0.6) is 0 Å². The highest BCUT2D eigenvalue weighted by atomic mass is 32.1. The lowest BCUT2D eigenvalue weighted by Gasteiger charge is -2.11. The highest BCUT2D eigenvalue weighted by molar-refractivity contribution is 7.80. The van der Waals surface area contributed by atoms with Crippen LogP contribution in [0.1, 0.15) is 51.9 Å². The van der Waals surface area contributed by atoms with Crippen LogP contribution >= 0.6 is 12.6 Å². The molecule has 2 atom stereocenters. The van der Waals surface area contributed by atoms with Crippen molar-refractivity contribution in [3.8, 4) is 0 Å². The van der Waals surface area contributed by atoms with Crippen LogP contribution in [0, 0.1) is 0 Å². The van der Waals surface area contributed by atoms with Crippen molar-refractivity contribution >= 4 is 24.6 Å². The summed E-state index contributed by atoms with van der Waals surface area (Å²) in [7, 11) is 0. The third-order valence-corrected chi connectivity index (χ3v) is 3.15. The number of thiol groups is 1. The van der Waals surface area contributed by atoms with E-state index >= 15 is 0 Å². The van der Waals surface area contributed by atoms with Crippen molar-refractivity contribution in [1.29, 1.82) is 0 Å². The average molecular weight is 291 g/mol. The molecule has 6 heteroatoms. The Hall–Kier alpha value is -0.590. The molecule has 0 saturated carbocycles. The molecular formula is C13H25NO4S. The molecule has 0 aliphatic rings. The van der Waals surface area contributed by atoms with Crippen molar-refractivity contribution in [2.24, 2.45) is 5.73 Å². The maximum absolute atomic E-state index is 11.3. The Bertz CT molecular complexity index is 273. The van der Waals surface area contributed by atoms with Crippen LogP contribution in [0.15, 0.2) is 0 Å². The molecule has 0 bridgehead atoms. The molecule has 0 heterocycles. The van der Waals surface area contributed by atoms with E-state index in [9.17, 15) is 14.7 Å². The summed E-state index contributed by atoms with van der Waals surface area (Å²) in [6.45, 7) is 2.14. The maximum Gasteiger partial charge on any atom is 0.331 e. The number of hydrogen-bond donors (Lipinski definition) is 3. The van der Waals surface area contributed by atoms with Gasteiger partial charge in [-0.3, -0.25) is 4.79 Å². The number of unbranched alkanes of at least 4 members (excludes halogenated alkanes) is 4. The molecule has 0 rings (SSSR count).